The number of carbonyl (C=O) groups excluding carboxylic acids is 1. The highest BCUT2D eigenvalue weighted by molar-refractivity contribution is 5.77. The molecule has 0 saturated carbocycles. The first kappa shape index (κ1) is 9.52. The zero-order chi connectivity index (χ0) is 9.19. The zero-order valence-electron chi connectivity index (χ0n) is 8.18. The van der Waals surface area contributed by atoms with E-state index in [9.17, 15) is 4.79 Å². The summed E-state index contributed by atoms with van der Waals surface area (Å²) in [5.74, 6) is 0.118. The first-order valence-electron chi connectivity index (χ1n) is 4.46. The maximum absolute atomic E-state index is 11.0. The van der Waals surface area contributed by atoms with Gasteiger partial charge in [-0.3, -0.25) is 9.69 Å². The number of nitrogens with zero attached hydrogens (tertiary/aromatic N) is 1. The average molecular weight is 170 g/mol. The Hall–Kier alpha value is -0.570. The molecule has 1 aliphatic heterocycles. The lowest BCUT2D eigenvalue weighted by molar-refractivity contribution is -0.121. The highest BCUT2D eigenvalue weighted by Gasteiger charge is 2.29. The van der Waals surface area contributed by atoms with Crippen LogP contribution >= 0.6 is 0 Å². The van der Waals surface area contributed by atoms with E-state index in [0.717, 1.165) is 13.1 Å². The molecule has 0 aliphatic carbocycles. The normalized spacial score (nSPS) is 22.6. The van der Waals surface area contributed by atoms with Crippen LogP contribution in [-0.4, -0.2) is 37.5 Å². The van der Waals surface area contributed by atoms with Gasteiger partial charge in [0.15, 0.2) is 0 Å². The van der Waals surface area contributed by atoms with E-state index in [-0.39, 0.29) is 5.91 Å². The van der Waals surface area contributed by atoms with Crippen molar-refractivity contribution in [2.24, 2.45) is 5.41 Å². The van der Waals surface area contributed by atoms with Crippen molar-refractivity contribution in [3.8, 4) is 0 Å². The Kier molecular flexibility index (Phi) is 2.73. The van der Waals surface area contributed by atoms with Crippen molar-refractivity contribution in [2.75, 3.05) is 26.7 Å². The second-order valence-electron chi connectivity index (χ2n) is 4.30. The first-order chi connectivity index (χ1) is 5.53. The maximum Gasteiger partial charge on any atom is 0.233 e. The van der Waals surface area contributed by atoms with Gasteiger partial charge in [-0.1, -0.05) is 13.8 Å². The quantitative estimate of drug-likeness (QED) is 0.653. The average Bonchev–Trinajstić information content (AvgIpc) is 2.30. The summed E-state index contributed by atoms with van der Waals surface area (Å²) in [4.78, 5) is 13.2. The Balaban J connectivity index is 2.33. The third-order valence-electron chi connectivity index (χ3n) is 2.40. The number of likely N-dealkylation sites (N-methyl/N-ethyl adjacent to an activating group) is 1. The van der Waals surface area contributed by atoms with Crippen molar-refractivity contribution in [2.45, 2.75) is 20.3 Å². The second kappa shape index (κ2) is 3.44. The summed E-state index contributed by atoms with van der Waals surface area (Å²) in [6.45, 7) is 7.15. The fourth-order valence-electron chi connectivity index (χ4n) is 1.64. The van der Waals surface area contributed by atoms with Gasteiger partial charge in [0.25, 0.3) is 0 Å². The first-order valence-corrected chi connectivity index (χ1v) is 4.46. The Morgan fingerprint density at radius 2 is 2.25 bits per heavy atom. The Bertz CT molecular complexity index is 177. The predicted molar refractivity (Wildman–Crippen MR) is 48.9 cm³/mol. The number of carbonyl (C=O) groups is 1. The predicted octanol–water partition coefficient (Wildman–Crippen LogP) is 0.464. The lowest BCUT2D eigenvalue weighted by atomic mass is 9.93. The highest BCUT2D eigenvalue weighted by atomic mass is 16.1. The maximum atomic E-state index is 11.0. The Morgan fingerprint density at radius 3 is 2.67 bits per heavy atom. The summed E-state index contributed by atoms with van der Waals surface area (Å²) in [6, 6.07) is 0. The number of likely N-dealkylation sites (tertiary alicyclic amines) is 1. The van der Waals surface area contributed by atoms with Crippen LogP contribution in [0.1, 0.15) is 20.3 Å². The Morgan fingerprint density at radius 1 is 1.58 bits per heavy atom. The summed E-state index contributed by atoms with van der Waals surface area (Å²) < 4.78 is 0. The van der Waals surface area contributed by atoms with Crippen LogP contribution in [0.4, 0.5) is 0 Å². The van der Waals surface area contributed by atoms with Crippen LogP contribution in [0.2, 0.25) is 0 Å². The molecule has 0 aromatic heterocycles. The van der Waals surface area contributed by atoms with Gasteiger partial charge >= 0.3 is 0 Å². The van der Waals surface area contributed by atoms with Crippen LogP contribution in [0.15, 0.2) is 0 Å². The highest BCUT2D eigenvalue weighted by Crippen LogP contribution is 2.28. The van der Waals surface area contributed by atoms with E-state index in [1.54, 1.807) is 7.05 Å². The smallest absolute Gasteiger partial charge is 0.233 e. The zero-order valence-corrected chi connectivity index (χ0v) is 8.18. The minimum absolute atomic E-state index is 0.118. The van der Waals surface area contributed by atoms with Gasteiger partial charge in [-0.25, -0.2) is 0 Å². The fourth-order valence-corrected chi connectivity index (χ4v) is 1.64. The van der Waals surface area contributed by atoms with Gasteiger partial charge in [0, 0.05) is 13.6 Å². The number of amides is 1. The summed E-state index contributed by atoms with van der Waals surface area (Å²) >= 11 is 0. The van der Waals surface area contributed by atoms with E-state index in [1.807, 2.05) is 0 Å². The molecule has 70 valence electrons. The molecule has 3 heteroatoms. The molecule has 1 aliphatic rings. The molecule has 0 spiro atoms. The summed E-state index contributed by atoms with van der Waals surface area (Å²) in [5.41, 5.74) is 0.397. The molecule has 1 rings (SSSR count). The van der Waals surface area contributed by atoms with Gasteiger partial charge in [-0.15, -0.1) is 0 Å². The van der Waals surface area contributed by atoms with Gasteiger partial charge in [0.2, 0.25) is 5.91 Å². The van der Waals surface area contributed by atoms with E-state index in [1.165, 1.54) is 6.42 Å². The van der Waals surface area contributed by atoms with Crippen molar-refractivity contribution < 1.29 is 4.79 Å². The van der Waals surface area contributed by atoms with Gasteiger partial charge in [-0.2, -0.15) is 0 Å². The van der Waals surface area contributed by atoms with Crippen LogP contribution in [0.3, 0.4) is 0 Å². The molecular formula is C9H18N2O. The summed E-state index contributed by atoms with van der Waals surface area (Å²) in [7, 11) is 1.68. The van der Waals surface area contributed by atoms with E-state index in [4.69, 9.17) is 0 Å². The minimum atomic E-state index is 0.118. The monoisotopic (exact) mass is 170 g/mol. The number of hydrogen-bond acceptors (Lipinski definition) is 2. The van der Waals surface area contributed by atoms with Crippen LogP contribution in [0.5, 0.6) is 0 Å². The standard InChI is InChI=1S/C9H18N2O/c1-9(2)4-5-11(7-9)6-8(12)10-3/h4-7H2,1-3H3,(H,10,12). The third kappa shape index (κ3) is 2.48. The lowest BCUT2D eigenvalue weighted by Gasteiger charge is -2.18. The molecule has 1 heterocycles. The SMILES string of the molecule is CNC(=O)CN1CCC(C)(C)C1. The van der Waals surface area contributed by atoms with E-state index in [2.05, 4.69) is 24.1 Å². The molecule has 1 amide bonds. The van der Waals surface area contributed by atoms with E-state index < -0.39 is 0 Å². The van der Waals surface area contributed by atoms with Gasteiger partial charge in [0.1, 0.15) is 0 Å². The van der Waals surface area contributed by atoms with Crippen molar-refractivity contribution in [3.05, 3.63) is 0 Å². The molecule has 12 heavy (non-hydrogen) atoms. The van der Waals surface area contributed by atoms with Gasteiger partial charge in [-0.05, 0) is 18.4 Å². The molecule has 0 aromatic carbocycles. The van der Waals surface area contributed by atoms with Crippen LogP contribution in [0, 0.1) is 5.41 Å². The number of nitrogens with one attached hydrogen (secondary N) is 1. The molecule has 0 radical (unpaired) electrons. The number of rotatable bonds is 2. The van der Waals surface area contributed by atoms with Crippen molar-refractivity contribution >= 4 is 5.91 Å². The van der Waals surface area contributed by atoms with E-state index >= 15 is 0 Å². The summed E-state index contributed by atoms with van der Waals surface area (Å²) in [5, 5.41) is 2.64. The third-order valence-corrected chi connectivity index (χ3v) is 2.40. The second-order valence-corrected chi connectivity index (χ2v) is 4.30. The van der Waals surface area contributed by atoms with Crippen LogP contribution < -0.4 is 5.32 Å². The number of hydrogen-bond donors (Lipinski definition) is 1. The largest absolute Gasteiger partial charge is 0.358 e. The van der Waals surface area contributed by atoms with Crippen molar-refractivity contribution in [3.63, 3.8) is 0 Å². The fraction of sp³-hybridized carbons (Fsp3) is 0.889. The molecule has 1 saturated heterocycles. The minimum Gasteiger partial charge on any atom is -0.358 e. The molecule has 1 fully saturated rings. The van der Waals surface area contributed by atoms with Gasteiger partial charge in [0.05, 0.1) is 6.54 Å². The molecule has 3 nitrogen and oxygen atoms in total. The Labute approximate surface area is 74.1 Å². The van der Waals surface area contributed by atoms with Crippen LogP contribution in [-0.2, 0) is 4.79 Å². The lowest BCUT2D eigenvalue weighted by Crippen LogP contribution is -2.34. The molecule has 0 atom stereocenters. The van der Waals surface area contributed by atoms with Gasteiger partial charge < -0.3 is 5.32 Å². The van der Waals surface area contributed by atoms with Crippen molar-refractivity contribution in [1.29, 1.82) is 0 Å². The molecular weight excluding hydrogens is 152 g/mol. The van der Waals surface area contributed by atoms with Crippen LogP contribution in [0.25, 0.3) is 0 Å². The summed E-state index contributed by atoms with van der Waals surface area (Å²) in [6.07, 6.45) is 1.20. The topological polar surface area (TPSA) is 32.3 Å². The van der Waals surface area contributed by atoms with E-state index in [0.29, 0.717) is 12.0 Å². The van der Waals surface area contributed by atoms with Crippen molar-refractivity contribution in [1.82, 2.24) is 10.2 Å². The molecule has 0 aromatic rings. The molecule has 1 N–H and O–H groups in total. The molecule has 0 bridgehead atoms. The molecule has 0 unspecified atom stereocenters.